The maximum Gasteiger partial charge on any atom is 0.416 e. The van der Waals surface area contributed by atoms with Gasteiger partial charge in [-0.15, -0.1) is 0 Å². The average molecular weight is 781 g/mol. The standard InChI is InChI=1S/C47H27F7N4/c48-36-15-9-14-31(24-36)37-20-18-32(45-56-43(28-10-3-1-4-11-28)55-44(57-45)29-12-5-2-6-13-29)26-42(37)58-40-17-8-7-16-38(40)39-25-30(19-21-41(39)58)33-22-34(46(49,50)51)27-35(23-33)47(52,53)54/h1-27H. The van der Waals surface area contributed by atoms with Crippen molar-refractivity contribution in [2.45, 2.75) is 12.4 Å². The lowest BCUT2D eigenvalue weighted by molar-refractivity contribution is -0.143. The molecule has 9 aromatic rings. The number of nitrogens with zero attached hydrogens (tertiary/aromatic N) is 4. The molecule has 7 aromatic carbocycles. The molecule has 0 aliphatic heterocycles. The van der Waals surface area contributed by atoms with Crippen LogP contribution in [0.2, 0.25) is 0 Å². The van der Waals surface area contributed by atoms with E-state index in [4.69, 9.17) is 15.0 Å². The van der Waals surface area contributed by atoms with E-state index in [2.05, 4.69) is 0 Å². The maximum atomic E-state index is 14.8. The first-order valence-electron chi connectivity index (χ1n) is 18.0. The van der Waals surface area contributed by atoms with Crippen molar-refractivity contribution in [1.29, 1.82) is 0 Å². The molecule has 0 saturated heterocycles. The Hall–Kier alpha value is -7.14. The van der Waals surface area contributed by atoms with Crippen molar-refractivity contribution >= 4 is 21.8 Å². The molecule has 0 spiro atoms. The molecule has 9 rings (SSSR count). The molecule has 0 bridgehead atoms. The Morgan fingerprint density at radius 3 is 1.52 bits per heavy atom. The second-order valence-corrected chi connectivity index (χ2v) is 13.7. The number of alkyl halides is 6. The lowest BCUT2D eigenvalue weighted by atomic mass is 9.97. The van der Waals surface area contributed by atoms with E-state index in [1.165, 1.54) is 18.2 Å². The molecule has 4 nitrogen and oxygen atoms in total. The summed E-state index contributed by atoms with van der Waals surface area (Å²) in [5.41, 5.74) is 2.40. The third kappa shape index (κ3) is 6.85. The summed E-state index contributed by atoms with van der Waals surface area (Å²) in [6.07, 6.45) is -10.0. The third-order valence-corrected chi connectivity index (χ3v) is 9.93. The minimum absolute atomic E-state index is 0.118. The van der Waals surface area contributed by atoms with Gasteiger partial charge in [0.1, 0.15) is 5.82 Å². The van der Waals surface area contributed by atoms with Crippen LogP contribution in [-0.2, 0) is 12.4 Å². The number of hydrogen-bond acceptors (Lipinski definition) is 3. The third-order valence-electron chi connectivity index (χ3n) is 9.93. The number of halogens is 7. The first kappa shape index (κ1) is 36.5. The fourth-order valence-corrected chi connectivity index (χ4v) is 7.23. The van der Waals surface area contributed by atoms with E-state index in [9.17, 15) is 30.7 Å². The van der Waals surface area contributed by atoms with Gasteiger partial charge in [-0.05, 0) is 71.3 Å². The number of para-hydroxylation sites is 1. The van der Waals surface area contributed by atoms with Crippen LogP contribution in [0.15, 0.2) is 164 Å². The molecule has 0 saturated carbocycles. The van der Waals surface area contributed by atoms with E-state index < -0.39 is 29.3 Å². The number of benzene rings is 7. The first-order chi connectivity index (χ1) is 27.9. The topological polar surface area (TPSA) is 43.6 Å². The van der Waals surface area contributed by atoms with Gasteiger partial charge >= 0.3 is 12.4 Å². The van der Waals surface area contributed by atoms with Crippen LogP contribution in [-0.4, -0.2) is 19.5 Å². The second kappa shape index (κ2) is 14.1. The van der Waals surface area contributed by atoms with Crippen molar-refractivity contribution in [3.63, 3.8) is 0 Å². The zero-order valence-electron chi connectivity index (χ0n) is 30.0. The molecule has 2 aromatic heterocycles. The Balaban J connectivity index is 1.29. The molecule has 0 amide bonds. The van der Waals surface area contributed by atoms with Crippen LogP contribution in [0.25, 0.3) is 83.9 Å². The van der Waals surface area contributed by atoms with E-state index >= 15 is 0 Å². The van der Waals surface area contributed by atoms with E-state index in [-0.39, 0.29) is 17.2 Å². The summed E-state index contributed by atoms with van der Waals surface area (Å²) in [7, 11) is 0. The van der Waals surface area contributed by atoms with Gasteiger partial charge in [0.15, 0.2) is 17.5 Å². The SMILES string of the molecule is Fc1cccc(-c2ccc(-c3nc(-c4ccccc4)nc(-c4ccccc4)n3)cc2-n2c3ccccc3c3cc(-c4cc(C(F)(F)F)cc(C(F)(F)F)c4)ccc32)c1. The van der Waals surface area contributed by atoms with Crippen molar-refractivity contribution in [2.75, 3.05) is 0 Å². The normalized spacial score (nSPS) is 12.1. The Morgan fingerprint density at radius 2 is 0.914 bits per heavy atom. The van der Waals surface area contributed by atoms with Crippen molar-refractivity contribution < 1.29 is 30.7 Å². The molecule has 58 heavy (non-hydrogen) atoms. The summed E-state index contributed by atoms with van der Waals surface area (Å²) in [6, 6.07) is 44.4. The highest BCUT2D eigenvalue weighted by Gasteiger charge is 2.37. The van der Waals surface area contributed by atoms with Gasteiger partial charge < -0.3 is 4.57 Å². The summed E-state index contributed by atoms with van der Waals surface area (Å²) < 4.78 is 100. The molecule has 0 atom stereocenters. The summed E-state index contributed by atoms with van der Waals surface area (Å²) >= 11 is 0. The predicted molar refractivity (Wildman–Crippen MR) is 211 cm³/mol. The Bertz CT molecular complexity index is 2900. The molecule has 0 N–H and O–H groups in total. The maximum absolute atomic E-state index is 14.8. The van der Waals surface area contributed by atoms with Crippen LogP contribution < -0.4 is 0 Å². The average Bonchev–Trinajstić information content (AvgIpc) is 3.57. The lowest BCUT2D eigenvalue weighted by Crippen LogP contribution is -2.11. The van der Waals surface area contributed by atoms with Crippen molar-refractivity contribution in [2.24, 2.45) is 0 Å². The largest absolute Gasteiger partial charge is 0.416 e. The number of rotatable bonds is 6. The molecular formula is C47H27F7N4. The van der Waals surface area contributed by atoms with Gasteiger partial charge in [0.05, 0.1) is 27.8 Å². The van der Waals surface area contributed by atoms with Crippen LogP contribution in [0, 0.1) is 5.82 Å². The van der Waals surface area contributed by atoms with Gasteiger partial charge in [-0.1, -0.05) is 109 Å². The Morgan fingerprint density at radius 1 is 0.379 bits per heavy atom. The predicted octanol–water partition coefficient (Wildman–Crippen LogP) is 13.5. The second-order valence-electron chi connectivity index (χ2n) is 13.7. The summed E-state index contributed by atoms with van der Waals surface area (Å²) in [6.45, 7) is 0. The Labute approximate surface area is 326 Å². The van der Waals surface area contributed by atoms with Gasteiger partial charge in [0.25, 0.3) is 0 Å². The number of aromatic nitrogens is 4. The zero-order valence-corrected chi connectivity index (χ0v) is 30.0. The van der Waals surface area contributed by atoms with Gasteiger partial charge in [0.2, 0.25) is 0 Å². The molecular weight excluding hydrogens is 754 g/mol. The van der Waals surface area contributed by atoms with Crippen molar-refractivity contribution in [1.82, 2.24) is 19.5 Å². The summed E-state index contributed by atoms with van der Waals surface area (Å²) in [5, 5.41) is 1.27. The summed E-state index contributed by atoms with van der Waals surface area (Å²) in [4.78, 5) is 14.6. The first-order valence-corrected chi connectivity index (χ1v) is 18.0. The molecule has 0 aliphatic rings. The molecule has 284 valence electrons. The van der Waals surface area contributed by atoms with Crippen molar-refractivity contribution in [3.05, 3.63) is 181 Å². The lowest BCUT2D eigenvalue weighted by Gasteiger charge is -2.17. The number of fused-ring (bicyclic) bond motifs is 3. The van der Waals surface area contributed by atoms with Gasteiger partial charge in [-0.3, -0.25) is 0 Å². The molecule has 0 unspecified atom stereocenters. The fraction of sp³-hybridized carbons (Fsp3) is 0.0426. The van der Waals surface area contributed by atoms with Gasteiger partial charge in [-0.25, -0.2) is 19.3 Å². The highest BCUT2D eigenvalue weighted by atomic mass is 19.4. The molecule has 2 heterocycles. The highest BCUT2D eigenvalue weighted by Crippen LogP contribution is 2.42. The van der Waals surface area contributed by atoms with Crippen molar-refractivity contribution in [3.8, 4) is 62.1 Å². The van der Waals surface area contributed by atoms with Crippen LogP contribution >= 0.6 is 0 Å². The van der Waals surface area contributed by atoms with Gasteiger partial charge in [-0.2, -0.15) is 26.3 Å². The Kier molecular flexibility index (Phi) is 8.88. The summed E-state index contributed by atoms with van der Waals surface area (Å²) in [5.74, 6) is 0.824. The van der Waals surface area contributed by atoms with Crippen LogP contribution in [0.1, 0.15) is 11.1 Å². The smallest absolute Gasteiger partial charge is 0.309 e. The minimum Gasteiger partial charge on any atom is -0.309 e. The van der Waals surface area contributed by atoms with Crippen LogP contribution in [0.3, 0.4) is 0 Å². The monoisotopic (exact) mass is 780 g/mol. The molecule has 11 heteroatoms. The van der Waals surface area contributed by atoms with E-state index in [0.29, 0.717) is 61.7 Å². The minimum atomic E-state index is -5.00. The van der Waals surface area contributed by atoms with E-state index in [1.54, 1.807) is 30.3 Å². The fourth-order valence-electron chi connectivity index (χ4n) is 7.23. The van der Waals surface area contributed by atoms with E-state index in [1.807, 2.05) is 102 Å². The number of hydrogen-bond donors (Lipinski definition) is 0. The molecule has 0 aliphatic carbocycles. The molecule has 0 radical (unpaired) electrons. The van der Waals surface area contributed by atoms with Crippen LogP contribution in [0.4, 0.5) is 30.7 Å². The highest BCUT2D eigenvalue weighted by molar-refractivity contribution is 6.11. The van der Waals surface area contributed by atoms with Crippen LogP contribution in [0.5, 0.6) is 0 Å². The zero-order chi connectivity index (χ0) is 40.2. The quantitative estimate of drug-likeness (QED) is 0.158. The molecule has 0 fully saturated rings. The van der Waals surface area contributed by atoms with Gasteiger partial charge in [0, 0.05) is 33.0 Å². The van der Waals surface area contributed by atoms with E-state index in [0.717, 1.165) is 23.3 Å².